The van der Waals surface area contributed by atoms with E-state index in [-0.39, 0.29) is 24.5 Å². The Bertz CT molecular complexity index is 403. The lowest BCUT2D eigenvalue weighted by molar-refractivity contribution is -0.132. The number of carbonyl (C=O) groups excluding carboxylic acids is 2. The summed E-state index contributed by atoms with van der Waals surface area (Å²) in [4.78, 5) is 25.5. The van der Waals surface area contributed by atoms with Crippen molar-refractivity contribution in [3.8, 4) is 0 Å². The highest BCUT2D eigenvalue weighted by atomic mass is 16.3. The molecule has 1 amide bonds. The minimum atomic E-state index is -0.0984. The summed E-state index contributed by atoms with van der Waals surface area (Å²) in [6.45, 7) is 3.87. The smallest absolute Gasteiger partial charge is 0.223 e. The third-order valence-corrected chi connectivity index (χ3v) is 3.50. The highest BCUT2D eigenvalue weighted by Crippen LogP contribution is 2.17. The normalized spacial score (nSPS) is 16.8. The van der Waals surface area contributed by atoms with Gasteiger partial charge >= 0.3 is 0 Å². The Morgan fingerprint density at radius 1 is 1.33 bits per heavy atom. The third kappa shape index (κ3) is 3.22. The molecule has 1 aromatic heterocycles. The minimum Gasteiger partial charge on any atom is -0.461 e. The van der Waals surface area contributed by atoms with Crippen molar-refractivity contribution in [1.82, 2.24) is 4.90 Å². The molecule has 2 rings (SSSR count). The molecule has 0 unspecified atom stereocenters. The van der Waals surface area contributed by atoms with Crippen molar-refractivity contribution in [2.45, 2.75) is 32.6 Å². The van der Waals surface area contributed by atoms with Crippen LogP contribution in [0.2, 0.25) is 0 Å². The molecule has 1 aliphatic heterocycles. The number of likely N-dealkylation sites (tertiary alicyclic amines) is 1. The molecule has 1 saturated heterocycles. The van der Waals surface area contributed by atoms with E-state index in [1.807, 2.05) is 4.90 Å². The summed E-state index contributed by atoms with van der Waals surface area (Å²) < 4.78 is 5.01. The summed E-state index contributed by atoms with van der Waals surface area (Å²) in [6, 6.07) is 3.32. The van der Waals surface area contributed by atoms with Crippen molar-refractivity contribution in [2.75, 3.05) is 13.1 Å². The molecule has 1 aromatic rings. The van der Waals surface area contributed by atoms with Gasteiger partial charge in [0.25, 0.3) is 0 Å². The van der Waals surface area contributed by atoms with Gasteiger partial charge in [0.15, 0.2) is 11.5 Å². The number of amides is 1. The first-order valence-corrected chi connectivity index (χ1v) is 6.51. The van der Waals surface area contributed by atoms with Crippen LogP contribution < -0.4 is 0 Å². The largest absolute Gasteiger partial charge is 0.461 e. The lowest BCUT2D eigenvalue weighted by Crippen LogP contribution is -2.37. The molecule has 1 fully saturated rings. The summed E-state index contributed by atoms with van der Waals surface area (Å²) in [5.41, 5.74) is 0. The van der Waals surface area contributed by atoms with Gasteiger partial charge in [0.2, 0.25) is 5.91 Å². The molecule has 98 valence electrons. The topological polar surface area (TPSA) is 50.5 Å². The number of ketones is 1. The van der Waals surface area contributed by atoms with Gasteiger partial charge in [-0.05, 0) is 30.9 Å². The molecule has 1 aliphatic rings. The van der Waals surface area contributed by atoms with E-state index in [1.165, 1.54) is 6.26 Å². The van der Waals surface area contributed by atoms with Crippen LogP contribution in [0.1, 0.15) is 43.2 Å². The number of rotatable bonds is 4. The second kappa shape index (κ2) is 5.85. The predicted molar refractivity (Wildman–Crippen MR) is 67.3 cm³/mol. The van der Waals surface area contributed by atoms with E-state index in [4.69, 9.17) is 4.42 Å². The van der Waals surface area contributed by atoms with Gasteiger partial charge in [-0.2, -0.15) is 0 Å². The quantitative estimate of drug-likeness (QED) is 0.770. The summed E-state index contributed by atoms with van der Waals surface area (Å²) in [5.74, 6) is 1.04. The van der Waals surface area contributed by atoms with Crippen LogP contribution in [0, 0.1) is 5.92 Å². The molecule has 4 nitrogen and oxygen atoms in total. The number of carbonyl (C=O) groups is 2. The van der Waals surface area contributed by atoms with E-state index in [0.29, 0.717) is 11.7 Å². The molecule has 0 aromatic carbocycles. The van der Waals surface area contributed by atoms with Gasteiger partial charge in [0.05, 0.1) is 6.26 Å². The van der Waals surface area contributed by atoms with Gasteiger partial charge in [-0.25, -0.2) is 0 Å². The standard InChI is InChI=1S/C14H19NO3/c1-11-6-8-15(9-7-11)14(17)5-4-12(16)13-3-2-10-18-13/h2-3,10-11H,4-9H2,1H3. The summed E-state index contributed by atoms with van der Waals surface area (Å²) >= 11 is 0. The maximum Gasteiger partial charge on any atom is 0.223 e. The van der Waals surface area contributed by atoms with Crippen LogP contribution in [0.3, 0.4) is 0 Å². The second-order valence-electron chi connectivity index (χ2n) is 4.96. The van der Waals surface area contributed by atoms with Crippen molar-refractivity contribution < 1.29 is 14.0 Å². The third-order valence-electron chi connectivity index (χ3n) is 3.50. The van der Waals surface area contributed by atoms with E-state index < -0.39 is 0 Å². The number of hydrogen-bond donors (Lipinski definition) is 0. The number of piperidine rings is 1. The SMILES string of the molecule is CC1CCN(C(=O)CCC(=O)c2ccco2)CC1. The van der Waals surface area contributed by atoms with Gasteiger partial charge in [0, 0.05) is 25.9 Å². The second-order valence-corrected chi connectivity index (χ2v) is 4.96. The zero-order valence-corrected chi connectivity index (χ0v) is 10.7. The minimum absolute atomic E-state index is 0.0850. The molecular weight excluding hydrogens is 230 g/mol. The van der Waals surface area contributed by atoms with Gasteiger partial charge in [-0.3, -0.25) is 9.59 Å². The maximum atomic E-state index is 11.9. The number of hydrogen-bond acceptors (Lipinski definition) is 3. The van der Waals surface area contributed by atoms with Crippen LogP contribution >= 0.6 is 0 Å². The maximum absolute atomic E-state index is 11.9. The van der Waals surface area contributed by atoms with Gasteiger partial charge in [-0.1, -0.05) is 6.92 Å². The van der Waals surface area contributed by atoms with Crippen molar-refractivity contribution in [2.24, 2.45) is 5.92 Å². The molecule has 0 aliphatic carbocycles. The van der Waals surface area contributed by atoms with Crippen molar-refractivity contribution >= 4 is 11.7 Å². The Kier molecular flexibility index (Phi) is 4.18. The van der Waals surface area contributed by atoms with E-state index in [0.717, 1.165) is 25.9 Å². The Hall–Kier alpha value is -1.58. The van der Waals surface area contributed by atoms with Crippen LogP contribution in [-0.2, 0) is 4.79 Å². The van der Waals surface area contributed by atoms with Gasteiger partial charge in [-0.15, -0.1) is 0 Å². The first-order chi connectivity index (χ1) is 8.66. The van der Waals surface area contributed by atoms with E-state index >= 15 is 0 Å². The number of furan rings is 1. The Balaban J connectivity index is 1.76. The number of Topliss-reactive ketones (excluding diaryl/α,β-unsaturated/α-hetero) is 1. The zero-order valence-electron chi connectivity index (χ0n) is 10.7. The van der Waals surface area contributed by atoms with Crippen molar-refractivity contribution in [3.63, 3.8) is 0 Å². The fraction of sp³-hybridized carbons (Fsp3) is 0.571. The highest BCUT2D eigenvalue weighted by Gasteiger charge is 2.21. The Labute approximate surface area is 107 Å². The molecule has 0 radical (unpaired) electrons. The molecule has 0 N–H and O–H groups in total. The molecule has 18 heavy (non-hydrogen) atoms. The molecule has 0 bridgehead atoms. The lowest BCUT2D eigenvalue weighted by Gasteiger charge is -2.30. The van der Waals surface area contributed by atoms with Crippen LogP contribution in [0.15, 0.2) is 22.8 Å². The molecular formula is C14H19NO3. The monoisotopic (exact) mass is 249 g/mol. The van der Waals surface area contributed by atoms with Crippen molar-refractivity contribution in [1.29, 1.82) is 0 Å². The van der Waals surface area contributed by atoms with Crippen LogP contribution in [0.25, 0.3) is 0 Å². The average Bonchev–Trinajstić information content (AvgIpc) is 2.90. The molecule has 0 saturated carbocycles. The summed E-state index contributed by atoms with van der Waals surface area (Å²) in [5, 5.41) is 0. The highest BCUT2D eigenvalue weighted by molar-refractivity contribution is 5.95. The van der Waals surface area contributed by atoms with Crippen LogP contribution in [0.5, 0.6) is 0 Å². The fourth-order valence-corrected chi connectivity index (χ4v) is 2.20. The van der Waals surface area contributed by atoms with Crippen LogP contribution in [0.4, 0.5) is 0 Å². The average molecular weight is 249 g/mol. The van der Waals surface area contributed by atoms with Gasteiger partial charge < -0.3 is 9.32 Å². The zero-order chi connectivity index (χ0) is 13.0. The van der Waals surface area contributed by atoms with E-state index in [2.05, 4.69) is 6.92 Å². The molecule has 0 spiro atoms. The summed E-state index contributed by atoms with van der Waals surface area (Å²) in [7, 11) is 0. The van der Waals surface area contributed by atoms with Crippen molar-refractivity contribution in [3.05, 3.63) is 24.2 Å². The Morgan fingerprint density at radius 3 is 2.67 bits per heavy atom. The first kappa shape index (κ1) is 12.9. The molecule has 0 atom stereocenters. The van der Waals surface area contributed by atoms with Gasteiger partial charge in [0.1, 0.15) is 0 Å². The molecule has 4 heteroatoms. The Morgan fingerprint density at radius 2 is 2.06 bits per heavy atom. The number of nitrogens with zero attached hydrogens (tertiary/aromatic N) is 1. The molecule has 2 heterocycles. The predicted octanol–water partition coefficient (Wildman–Crippen LogP) is 2.50. The first-order valence-electron chi connectivity index (χ1n) is 6.51. The lowest BCUT2D eigenvalue weighted by atomic mass is 9.99. The fourth-order valence-electron chi connectivity index (χ4n) is 2.20. The van der Waals surface area contributed by atoms with E-state index in [1.54, 1.807) is 12.1 Å². The van der Waals surface area contributed by atoms with Crippen LogP contribution in [-0.4, -0.2) is 29.7 Å². The van der Waals surface area contributed by atoms with E-state index in [9.17, 15) is 9.59 Å². The summed E-state index contributed by atoms with van der Waals surface area (Å²) in [6.07, 6.45) is 4.13.